The van der Waals surface area contributed by atoms with Gasteiger partial charge in [0.15, 0.2) is 0 Å². The van der Waals surface area contributed by atoms with Gasteiger partial charge in [0.1, 0.15) is 5.75 Å². The molecule has 0 saturated heterocycles. The van der Waals surface area contributed by atoms with Crippen LogP contribution in [-0.2, 0) is 4.57 Å². The summed E-state index contributed by atoms with van der Waals surface area (Å²) in [7, 11) is -2.98. The highest BCUT2D eigenvalue weighted by Crippen LogP contribution is 2.43. The number of aryl methyl sites for hydroxylation is 2. The number of anilines is 1. The van der Waals surface area contributed by atoms with Gasteiger partial charge < -0.3 is 9.61 Å². The van der Waals surface area contributed by atoms with Crippen molar-refractivity contribution in [1.29, 1.82) is 0 Å². The number of benzene rings is 2. The van der Waals surface area contributed by atoms with Crippen molar-refractivity contribution < 1.29 is 9.09 Å². The van der Waals surface area contributed by atoms with E-state index in [9.17, 15) is 4.57 Å². The van der Waals surface area contributed by atoms with Crippen LogP contribution in [0.2, 0.25) is 5.02 Å². The van der Waals surface area contributed by atoms with Crippen LogP contribution in [0.25, 0.3) is 0 Å². The molecular weight excluding hydrogens is 293 g/mol. The summed E-state index contributed by atoms with van der Waals surface area (Å²) in [5.74, 6) is 0.525. The molecule has 106 valence electrons. The molecule has 0 unspecified atom stereocenters. The lowest BCUT2D eigenvalue weighted by atomic mass is 10.1. The van der Waals surface area contributed by atoms with Gasteiger partial charge in [-0.25, -0.2) is 0 Å². The van der Waals surface area contributed by atoms with E-state index in [1.54, 1.807) is 30.9 Å². The second kappa shape index (κ2) is 5.90. The van der Waals surface area contributed by atoms with Crippen LogP contribution in [0.1, 0.15) is 11.1 Å². The molecular formula is C15H17ClNO2P. The van der Waals surface area contributed by atoms with E-state index in [4.69, 9.17) is 16.1 Å². The minimum atomic E-state index is -2.98. The standard InChI is InChI=1S/C15H17ClNO2P/c1-11-4-7-14(10-12(11)2)17-20(3,18)19-15-8-5-13(16)6-9-15/h4-10H,1-3H3,(H,17,18)/t20-/m0/s1. The van der Waals surface area contributed by atoms with Crippen LogP contribution in [0, 0.1) is 13.8 Å². The Morgan fingerprint density at radius 2 is 1.70 bits per heavy atom. The van der Waals surface area contributed by atoms with Crippen LogP contribution in [0.3, 0.4) is 0 Å². The van der Waals surface area contributed by atoms with Gasteiger partial charge in [0.25, 0.3) is 0 Å². The van der Waals surface area contributed by atoms with Crippen molar-refractivity contribution in [2.24, 2.45) is 0 Å². The van der Waals surface area contributed by atoms with Crippen molar-refractivity contribution in [2.45, 2.75) is 13.8 Å². The number of hydrogen-bond acceptors (Lipinski definition) is 2. The van der Waals surface area contributed by atoms with Crippen molar-refractivity contribution in [2.75, 3.05) is 11.8 Å². The lowest BCUT2D eigenvalue weighted by molar-refractivity contribution is 0.493. The van der Waals surface area contributed by atoms with Crippen molar-refractivity contribution in [3.8, 4) is 5.75 Å². The zero-order valence-electron chi connectivity index (χ0n) is 11.7. The predicted molar refractivity (Wildman–Crippen MR) is 85.1 cm³/mol. The maximum absolute atomic E-state index is 12.5. The number of rotatable bonds is 4. The molecule has 1 atom stereocenters. The molecule has 1 N–H and O–H groups in total. The van der Waals surface area contributed by atoms with E-state index in [-0.39, 0.29) is 0 Å². The van der Waals surface area contributed by atoms with Crippen molar-refractivity contribution in [3.63, 3.8) is 0 Å². The van der Waals surface area contributed by atoms with Gasteiger partial charge in [-0.2, -0.15) is 0 Å². The molecule has 3 nitrogen and oxygen atoms in total. The van der Waals surface area contributed by atoms with Crippen LogP contribution in [0.5, 0.6) is 5.75 Å². The molecule has 2 aromatic rings. The average molecular weight is 310 g/mol. The maximum Gasteiger partial charge on any atom is 0.338 e. The highest BCUT2D eigenvalue weighted by Gasteiger charge is 2.17. The quantitative estimate of drug-likeness (QED) is 0.782. The summed E-state index contributed by atoms with van der Waals surface area (Å²) in [6.45, 7) is 5.60. The number of halogens is 1. The van der Waals surface area contributed by atoms with E-state index in [1.807, 2.05) is 32.0 Å². The third-order valence-electron chi connectivity index (χ3n) is 2.93. The van der Waals surface area contributed by atoms with E-state index in [0.29, 0.717) is 10.8 Å². The first-order valence-electron chi connectivity index (χ1n) is 6.24. The Morgan fingerprint density at radius 1 is 1.05 bits per heavy atom. The van der Waals surface area contributed by atoms with Gasteiger partial charge in [0.2, 0.25) is 0 Å². The molecule has 0 saturated carbocycles. The molecule has 0 fully saturated rings. The Hall–Kier alpha value is -1.44. The second-order valence-corrected chi connectivity index (χ2v) is 7.34. The monoisotopic (exact) mass is 309 g/mol. The number of nitrogens with one attached hydrogen (secondary N) is 1. The molecule has 5 heteroatoms. The molecule has 0 radical (unpaired) electrons. The lowest BCUT2D eigenvalue weighted by Gasteiger charge is -2.18. The molecule has 0 bridgehead atoms. The maximum atomic E-state index is 12.5. The molecule has 0 heterocycles. The second-order valence-electron chi connectivity index (χ2n) is 4.80. The Labute approximate surface area is 124 Å². The van der Waals surface area contributed by atoms with Crippen molar-refractivity contribution >= 4 is 24.8 Å². The first kappa shape index (κ1) is 15.0. The van der Waals surface area contributed by atoms with Crippen LogP contribution in [0.15, 0.2) is 42.5 Å². The molecule has 0 amide bonds. The Balaban J connectivity index is 2.12. The van der Waals surface area contributed by atoms with Crippen LogP contribution < -0.4 is 9.61 Å². The summed E-state index contributed by atoms with van der Waals surface area (Å²) in [5, 5.41) is 3.57. The van der Waals surface area contributed by atoms with E-state index in [0.717, 1.165) is 11.3 Å². The average Bonchev–Trinajstić information content (AvgIpc) is 2.36. The molecule has 0 aliphatic heterocycles. The highest BCUT2D eigenvalue weighted by molar-refractivity contribution is 7.60. The van der Waals surface area contributed by atoms with E-state index in [1.165, 1.54) is 5.56 Å². The molecule has 0 spiro atoms. The normalized spacial score (nSPS) is 13.6. The molecule has 0 aliphatic rings. The zero-order chi connectivity index (χ0) is 14.8. The van der Waals surface area contributed by atoms with Crippen LogP contribution in [-0.4, -0.2) is 6.66 Å². The molecule has 0 aromatic heterocycles. The topological polar surface area (TPSA) is 38.3 Å². The first-order valence-corrected chi connectivity index (χ1v) is 8.69. The first-order chi connectivity index (χ1) is 9.35. The molecule has 2 aromatic carbocycles. The SMILES string of the molecule is Cc1ccc(N[P@@](C)(=O)Oc2ccc(Cl)cc2)cc1C. The fraction of sp³-hybridized carbons (Fsp3) is 0.200. The van der Waals surface area contributed by atoms with Gasteiger partial charge in [0.05, 0.1) is 0 Å². The van der Waals surface area contributed by atoms with Gasteiger partial charge in [0, 0.05) is 17.4 Å². The number of hydrogen-bond donors (Lipinski definition) is 1. The van der Waals surface area contributed by atoms with E-state index < -0.39 is 7.52 Å². The van der Waals surface area contributed by atoms with E-state index >= 15 is 0 Å². The van der Waals surface area contributed by atoms with Gasteiger partial charge >= 0.3 is 7.52 Å². The van der Waals surface area contributed by atoms with Gasteiger partial charge in [-0.1, -0.05) is 17.7 Å². The van der Waals surface area contributed by atoms with Gasteiger partial charge in [-0.15, -0.1) is 0 Å². The van der Waals surface area contributed by atoms with Crippen LogP contribution >= 0.6 is 19.1 Å². The minimum Gasteiger partial charge on any atom is -0.429 e. The summed E-state index contributed by atoms with van der Waals surface area (Å²) >= 11 is 5.80. The smallest absolute Gasteiger partial charge is 0.338 e. The highest BCUT2D eigenvalue weighted by atomic mass is 35.5. The summed E-state index contributed by atoms with van der Waals surface area (Å²) in [4.78, 5) is 0. The van der Waals surface area contributed by atoms with Gasteiger partial charge in [-0.05, 0) is 61.4 Å². The summed E-state index contributed by atoms with van der Waals surface area (Å²) in [6, 6.07) is 12.6. The fourth-order valence-electron chi connectivity index (χ4n) is 1.76. The summed E-state index contributed by atoms with van der Waals surface area (Å²) < 4.78 is 18.0. The van der Waals surface area contributed by atoms with E-state index in [2.05, 4.69) is 5.09 Å². The van der Waals surface area contributed by atoms with Crippen molar-refractivity contribution in [3.05, 3.63) is 58.6 Å². The Kier molecular flexibility index (Phi) is 4.42. The predicted octanol–water partition coefficient (Wildman–Crippen LogP) is 5.27. The fourth-order valence-corrected chi connectivity index (χ4v) is 3.07. The molecule has 0 aliphatic carbocycles. The largest absolute Gasteiger partial charge is 0.429 e. The van der Waals surface area contributed by atoms with Crippen molar-refractivity contribution in [1.82, 2.24) is 0 Å². The molecule has 20 heavy (non-hydrogen) atoms. The van der Waals surface area contributed by atoms with Gasteiger partial charge in [-0.3, -0.25) is 4.57 Å². The third-order valence-corrected chi connectivity index (χ3v) is 4.41. The summed E-state index contributed by atoms with van der Waals surface area (Å²) in [6.07, 6.45) is 0. The Morgan fingerprint density at radius 3 is 2.30 bits per heavy atom. The Bertz CT molecular complexity index is 655. The zero-order valence-corrected chi connectivity index (χ0v) is 13.3. The van der Waals surface area contributed by atoms with Crippen LogP contribution in [0.4, 0.5) is 5.69 Å². The molecule has 2 rings (SSSR count). The minimum absolute atomic E-state index is 0.525. The lowest BCUT2D eigenvalue weighted by Crippen LogP contribution is -2.02. The summed E-state index contributed by atoms with van der Waals surface area (Å²) in [5.41, 5.74) is 3.12. The third kappa shape index (κ3) is 4.03.